The van der Waals surface area contributed by atoms with Gasteiger partial charge in [-0.15, -0.1) is 10.2 Å². The second-order valence-electron chi connectivity index (χ2n) is 3.42. The molecular formula is C10H8N4O3S3. The molecule has 0 bridgehead atoms. The molecule has 2 rings (SSSR count). The minimum atomic E-state index is -0.438. The molecule has 0 aliphatic heterocycles. The number of thioether (sulfide) groups is 1. The lowest BCUT2D eigenvalue weighted by molar-refractivity contribution is -0.387. The van der Waals surface area contributed by atoms with Gasteiger partial charge < -0.3 is 5.73 Å². The maximum Gasteiger partial charge on any atom is 0.283 e. The first-order chi connectivity index (χ1) is 9.56. The molecule has 0 unspecified atom stereocenters. The SMILES string of the molecule is NC(=O)CSc1nnc(Sc2ccccc2[N+](=O)[O-])s1. The Morgan fingerprint density at radius 3 is 2.75 bits per heavy atom. The maximum absolute atomic E-state index is 10.9. The van der Waals surface area contributed by atoms with Crippen LogP contribution in [0.2, 0.25) is 0 Å². The lowest BCUT2D eigenvalue weighted by Crippen LogP contribution is -2.12. The molecule has 1 amide bonds. The quantitative estimate of drug-likeness (QED) is 0.491. The summed E-state index contributed by atoms with van der Waals surface area (Å²) < 4.78 is 1.18. The molecular weight excluding hydrogens is 320 g/mol. The highest BCUT2D eigenvalue weighted by Crippen LogP contribution is 2.37. The van der Waals surface area contributed by atoms with Gasteiger partial charge in [0.25, 0.3) is 5.69 Å². The van der Waals surface area contributed by atoms with E-state index in [0.717, 1.165) is 0 Å². The summed E-state index contributed by atoms with van der Waals surface area (Å²) in [7, 11) is 0. The highest BCUT2D eigenvalue weighted by Gasteiger charge is 2.16. The molecule has 1 aromatic heterocycles. The van der Waals surface area contributed by atoms with Crippen LogP contribution in [0.25, 0.3) is 0 Å². The highest BCUT2D eigenvalue weighted by atomic mass is 32.2. The Labute approximate surface area is 126 Å². The van der Waals surface area contributed by atoms with Gasteiger partial charge in [0.05, 0.1) is 15.6 Å². The summed E-state index contributed by atoms with van der Waals surface area (Å²) in [6, 6.07) is 6.42. The maximum atomic E-state index is 10.9. The van der Waals surface area contributed by atoms with Crippen molar-refractivity contribution in [2.75, 3.05) is 5.75 Å². The van der Waals surface area contributed by atoms with Crippen LogP contribution in [-0.4, -0.2) is 26.8 Å². The van der Waals surface area contributed by atoms with Crippen LogP contribution in [0.5, 0.6) is 0 Å². The number of nitro benzene ring substituents is 1. The Morgan fingerprint density at radius 2 is 2.05 bits per heavy atom. The number of para-hydroxylation sites is 1. The van der Waals surface area contributed by atoms with Gasteiger partial charge in [-0.25, -0.2) is 0 Å². The van der Waals surface area contributed by atoms with Crippen molar-refractivity contribution in [3.05, 3.63) is 34.4 Å². The summed E-state index contributed by atoms with van der Waals surface area (Å²) in [5.41, 5.74) is 5.07. The van der Waals surface area contributed by atoms with Gasteiger partial charge in [-0.1, -0.05) is 47.0 Å². The van der Waals surface area contributed by atoms with E-state index in [-0.39, 0.29) is 11.4 Å². The lowest BCUT2D eigenvalue weighted by Gasteiger charge is -1.98. The Bertz CT molecular complexity index is 646. The molecule has 0 aliphatic carbocycles. The van der Waals surface area contributed by atoms with Gasteiger partial charge in [0, 0.05) is 6.07 Å². The van der Waals surface area contributed by atoms with Crippen molar-refractivity contribution in [1.82, 2.24) is 10.2 Å². The number of amides is 1. The summed E-state index contributed by atoms with van der Waals surface area (Å²) in [5, 5.41) is 18.7. The van der Waals surface area contributed by atoms with Crippen LogP contribution in [0.15, 0.2) is 37.8 Å². The fraction of sp³-hybridized carbons (Fsp3) is 0.100. The summed E-state index contributed by atoms with van der Waals surface area (Å²) >= 11 is 3.63. The van der Waals surface area contributed by atoms with Crippen molar-refractivity contribution in [3.8, 4) is 0 Å². The van der Waals surface area contributed by atoms with E-state index in [9.17, 15) is 14.9 Å². The minimum Gasteiger partial charge on any atom is -0.369 e. The fourth-order valence-electron chi connectivity index (χ4n) is 1.22. The Morgan fingerprint density at radius 1 is 1.35 bits per heavy atom. The average molecular weight is 328 g/mol. The van der Waals surface area contributed by atoms with Crippen LogP contribution in [0.1, 0.15) is 0 Å². The molecule has 0 saturated heterocycles. The third kappa shape index (κ3) is 3.92. The molecule has 0 atom stereocenters. The number of carbonyl (C=O) groups is 1. The fourth-order valence-corrected chi connectivity index (χ4v) is 4.04. The van der Waals surface area contributed by atoms with Crippen molar-refractivity contribution in [2.45, 2.75) is 13.6 Å². The Hall–Kier alpha value is -1.65. The third-order valence-electron chi connectivity index (χ3n) is 1.99. The average Bonchev–Trinajstić information content (AvgIpc) is 2.84. The number of nitrogens with two attached hydrogens (primary N) is 1. The highest BCUT2D eigenvalue weighted by molar-refractivity contribution is 8.03. The number of nitro groups is 1. The van der Waals surface area contributed by atoms with E-state index in [0.29, 0.717) is 13.6 Å². The summed E-state index contributed by atoms with van der Waals surface area (Å²) in [6.07, 6.45) is 0. The van der Waals surface area contributed by atoms with Crippen molar-refractivity contribution in [3.63, 3.8) is 0 Å². The predicted octanol–water partition coefficient (Wildman–Crippen LogP) is 2.17. The van der Waals surface area contributed by atoms with Gasteiger partial charge in [-0.2, -0.15) is 0 Å². The van der Waals surface area contributed by atoms with E-state index in [2.05, 4.69) is 10.2 Å². The van der Waals surface area contributed by atoms with Gasteiger partial charge >= 0.3 is 0 Å². The first kappa shape index (κ1) is 14.8. The molecule has 10 heteroatoms. The zero-order valence-corrected chi connectivity index (χ0v) is 12.3. The van der Waals surface area contributed by atoms with E-state index in [1.165, 1.54) is 40.9 Å². The van der Waals surface area contributed by atoms with Crippen molar-refractivity contribution in [2.24, 2.45) is 5.73 Å². The molecule has 0 fully saturated rings. The first-order valence-electron chi connectivity index (χ1n) is 5.22. The molecule has 20 heavy (non-hydrogen) atoms. The minimum absolute atomic E-state index is 0.0269. The van der Waals surface area contributed by atoms with Crippen LogP contribution < -0.4 is 5.73 Å². The summed E-state index contributed by atoms with van der Waals surface area (Å²) in [4.78, 5) is 21.6. The molecule has 104 valence electrons. The second-order valence-corrected chi connectivity index (χ2v) is 6.90. The number of rotatable bonds is 6. The molecule has 1 aromatic carbocycles. The van der Waals surface area contributed by atoms with Gasteiger partial charge in [-0.05, 0) is 6.07 Å². The van der Waals surface area contributed by atoms with Gasteiger partial charge in [0.2, 0.25) is 5.91 Å². The van der Waals surface area contributed by atoms with Crippen LogP contribution in [0.3, 0.4) is 0 Å². The van der Waals surface area contributed by atoms with Crippen molar-refractivity contribution < 1.29 is 9.72 Å². The topological polar surface area (TPSA) is 112 Å². The molecule has 7 nitrogen and oxygen atoms in total. The summed E-state index contributed by atoms with van der Waals surface area (Å²) in [5.74, 6) is -0.303. The van der Waals surface area contributed by atoms with E-state index in [4.69, 9.17) is 5.73 Å². The number of carbonyl (C=O) groups excluding carboxylic acids is 1. The lowest BCUT2D eigenvalue weighted by atomic mass is 10.3. The Kier molecular flexibility index (Phi) is 4.93. The number of hydrogen-bond donors (Lipinski definition) is 1. The number of nitrogens with zero attached hydrogens (tertiary/aromatic N) is 3. The third-order valence-corrected chi connectivity index (χ3v) is 5.18. The van der Waals surface area contributed by atoms with Gasteiger partial charge in [0.15, 0.2) is 8.68 Å². The zero-order valence-electron chi connectivity index (χ0n) is 9.88. The molecule has 0 aliphatic rings. The Balaban J connectivity index is 2.11. The monoisotopic (exact) mass is 328 g/mol. The molecule has 0 saturated carbocycles. The second kappa shape index (κ2) is 6.68. The number of aromatic nitrogens is 2. The largest absolute Gasteiger partial charge is 0.369 e. The van der Waals surface area contributed by atoms with Crippen molar-refractivity contribution in [1.29, 1.82) is 0 Å². The van der Waals surface area contributed by atoms with Crippen LogP contribution >= 0.6 is 34.9 Å². The molecule has 2 aromatic rings. The smallest absolute Gasteiger partial charge is 0.283 e. The standard InChI is InChI=1S/C10H8N4O3S3/c11-8(15)5-18-9-12-13-10(20-9)19-7-4-2-1-3-6(7)14(16)17/h1-4H,5H2,(H2,11,15). The van der Waals surface area contributed by atoms with Gasteiger partial charge in [-0.3, -0.25) is 14.9 Å². The normalized spacial score (nSPS) is 10.4. The predicted molar refractivity (Wildman–Crippen MR) is 77.0 cm³/mol. The van der Waals surface area contributed by atoms with E-state index < -0.39 is 10.8 Å². The van der Waals surface area contributed by atoms with E-state index in [1.807, 2.05) is 0 Å². The molecule has 1 heterocycles. The van der Waals surface area contributed by atoms with Gasteiger partial charge in [0.1, 0.15) is 0 Å². The number of benzene rings is 1. The van der Waals surface area contributed by atoms with E-state index in [1.54, 1.807) is 18.2 Å². The molecule has 0 radical (unpaired) electrons. The molecule has 0 spiro atoms. The van der Waals surface area contributed by atoms with Crippen LogP contribution in [0, 0.1) is 10.1 Å². The van der Waals surface area contributed by atoms with E-state index >= 15 is 0 Å². The van der Waals surface area contributed by atoms with Crippen LogP contribution in [-0.2, 0) is 4.79 Å². The summed E-state index contributed by atoms with van der Waals surface area (Å²) in [6.45, 7) is 0. The molecule has 2 N–H and O–H groups in total. The zero-order chi connectivity index (χ0) is 14.5. The van der Waals surface area contributed by atoms with Crippen molar-refractivity contribution >= 4 is 46.5 Å². The first-order valence-corrected chi connectivity index (χ1v) is 7.84. The number of hydrogen-bond acceptors (Lipinski definition) is 8. The number of primary amides is 1. The van der Waals surface area contributed by atoms with Crippen LogP contribution in [0.4, 0.5) is 5.69 Å².